The van der Waals surface area contributed by atoms with E-state index in [1.807, 2.05) is 12.1 Å². The van der Waals surface area contributed by atoms with Crippen molar-refractivity contribution < 1.29 is 9.53 Å². The first-order chi connectivity index (χ1) is 17.9. The fourth-order valence-electron chi connectivity index (χ4n) is 3.43. The van der Waals surface area contributed by atoms with Gasteiger partial charge in [0.2, 0.25) is 0 Å². The summed E-state index contributed by atoms with van der Waals surface area (Å²) < 4.78 is 7.32. The lowest BCUT2D eigenvalue weighted by atomic mass is 10.1. The highest BCUT2D eigenvalue weighted by molar-refractivity contribution is 6.31. The van der Waals surface area contributed by atoms with Gasteiger partial charge in [0.05, 0.1) is 34.5 Å². The summed E-state index contributed by atoms with van der Waals surface area (Å²) >= 11 is 12.1. The predicted molar refractivity (Wildman–Crippen MR) is 142 cm³/mol. The van der Waals surface area contributed by atoms with Crippen LogP contribution >= 0.6 is 23.2 Å². The van der Waals surface area contributed by atoms with Gasteiger partial charge in [-0.15, -0.1) is 0 Å². The van der Waals surface area contributed by atoms with Crippen molar-refractivity contribution >= 4 is 46.4 Å². The number of carbonyl (C=O) groups is 1. The Morgan fingerprint density at radius 3 is 2.43 bits per heavy atom. The number of ether oxygens (including phenoxy) is 1. The lowest BCUT2D eigenvalue weighted by molar-refractivity contribution is 0.262. The third kappa shape index (κ3) is 5.77. The third-order valence-electron chi connectivity index (χ3n) is 5.10. The number of hydrogen-bond donors (Lipinski definition) is 3. The van der Waals surface area contributed by atoms with Crippen molar-refractivity contribution in [3.63, 3.8) is 0 Å². The molecule has 12 heteroatoms. The zero-order chi connectivity index (χ0) is 25.8. The fraction of sp³-hybridized carbons (Fsp3) is 0. The number of nitrogens with zero attached hydrogens (tertiary/aromatic N) is 5. The molecule has 37 heavy (non-hydrogen) atoms. The summed E-state index contributed by atoms with van der Waals surface area (Å²) in [7, 11) is 0. The minimum atomic E-state index is -0.502. The second kappa shape index (κ2) is 10.5. The Kier molecular flexibility index (Phi) is 6.84. The van der Waals surface area contributed by atoms with E-state index in [0.717, 1.165) is 11.1 Å². The number of nitrogens with one attached hydrogen (secondary N) is 2. The highest BCUT2D eigenvalue weighted by Gasteiger charge is 2.11. The topological polar surface area (TPSA) is 133 Å². The summed E-state index contributed by atoms with van der Waals surface area (Å²) in [5, 5.41) is 10.6. The van der Waals surface area contributed by atoms with Gasteiger partial charge < -0.3 is 21.1 Å². The Morgan fingerprint density at radius 1 is 0.919 bits per heavy atom. The van der Waals surface area contributed by atoms with Crippen molar-refractivity contribution in [1.29, 1.82) is 0 Å². The molecule has 3 aromatic heterocycles. The van der Waals surface area contributed by atoms with Crippen LogP contribution in [0.15, 0.2) is 85.6 Å². The number of benzene rings is 2. The Hall–Kier alpha value is -4.67. The molecule has 184 valence electrons. The maximum atomic E-state index is 12.6. The molecule has 0 aliphatic rings. The van der Waals surface area contributed by atoms with E-state index in [4.69, 9.17) is 33.7 Å². The molecule has 0 atom stereocenters. The number of rotatable bonds is 6. The predicted octanol–water partition coefficient (Wildman–Crippen LogP) is 6.05. The number of nitrogens with two attached hydrogens (primary N) is 1. The maximum Gasteiger partial charge on any atom is 0.323 e. The minimum Gasteiger partial charge on any atom is -0.424 e. The van der Waals surface area contributed by atoms with E-state index in [1.54, 1.807) is 59.5 Å². The van der Waals surface area contributed by atoms with Crippen molar-refractivity contribution in [2.45, 2.75) is 0 Å². The number of pyridine rings is 1. The molecule has 5 aromatic rings. The molecule has 2 amide bonds. The Labute approximate surface area is 221 Å². The molecule has 0 saturated heterocycles. The number of hydrogen-bond acceptors (Lipinski definition) is 7. The van der Waals surface area contributed by atoms with Gasteiger partial charge in [0.25, 0.3) is 0 Å². The highest BCUT2D eigenvalue weighted by Crippen LogP contribution is 2.29. The smallest absolute Gasteiger partial charge is 0.323 e. The van der Waals surface area contributed by atoms with Crippen molar-refractivity contribution in [2.75, 3.05) is 16.4 Å². The van der Waals surface area contributed by atoms with Crippen LogP contribution in [0, 0.1) is 0 Å². The van der Waals surface area contributed by atoms with E-state index in [2.05, 4.69) is 30.7 Å². The fourth-order valence-corrected chi connectivity index (χ4v) is 3.76. The second-order valence-electron chi connectivity index (χ2n) is 7.66. The van der Waals surface area contributed by atoms with Crippen molar-refractivity contribution in [2.24, 2.45) is 0 Å². The monoisotopic (exact) mass is 532 g/mol. The van der Waals surface area contributed by atoms with E-state index in [9.17, 15) is 4.79 Å². The summed E-state index contributed by atoms with van der Waals surface area (Å²) in [5.41, 5.74) is 9.01. The molecule has 4 N–H and O–H groups in total. The Morgan fingerprint density at radius 2 is 1.70 bits per heavy atom. The Bertz CT molecular complexity index is 1540. The van der Waals surface area contributed by atoms with Gasteiger partial charge in [-0.2, -0.15) is 5.10 Å². The molecule has 2 aromatic carbocycles. The molecule has 0 aliphatic heterocycles. The first kappa shape index (κ1) is 24.0. The molecular weight excluding hydrogens is 515 g/mol. The van der Waals surface area contributed by atoms with Crippen LogP contribution in [0.5, 0.6) is 11.8 Å². The number of carbonyl (C=O) groups excluding carboxylic acids is 1. The van der Waals surface area contributed by atoms with Crippen LogP contribution in [0.2, 0.25) is 10.0 Å². The largest absolute Gasteiger partial charge is 0.424 e. The zero-order valence-corrected chi connectivity index (χ0v) is 20.5. The highest BCUT2D eigenvalue weighted by atomic mass is 35.5. The van der Waals surface area contributed by atoms with Gasteiger partial charge in [-0.05, 0) is 48.0 Å². The molecule has 0 fully saturated rings. The molecule has 0 bridgehead atoms. The standard InChI is InChI=1S/C25H18Cl2N8O2/c26-16-4-7-22(35-9-1-8-32-35)21(11-16)34-24(36)33-18-13-30-25(31-14-18)37-19-5-2-15(3-6-19)20-10-17(27)12-29-23(20)28/h1-14H,(H2,28,29)(H2,33,34,36). The van der Waals surface area contributed by atoms with E-state index >= 15 is 0 Å². The number of aromatic nitrogens is 5. The average Bonchev–Trinajstić information content (AvgIpc) is 3.42. The van der Waals surface area contributed by atoms with Gasteiger partial charge in [-0.1, -0.05) is 35.3 Å². The van der Waals surface area contributed by atoms with E-state index in [-0.39, 0.29) is 6.01 Å². The van der Waals surface area contributed by atoms with Gasteiger partial charge >= 0.3 is 12.0 Å². The lowest BCUT2D eigenvalue weighted by Crippen LogP contribution is -2.20. The van der Waals surface area contributed by atoms with Crippen LogP contribution < -0.4 is 21.1 Å². The van der Waals surface area contributed by atoms with Crippen molar-refractivity contribution in [1.82, 2.24) is 24.7 Å². The number of amides is 2. The number of anilines is 3. The number of urea groups is 1. The summed E-state index contributed by atoms with van der Waals surface area (Å²) in [6.07, 6.45) is 7.76. The maximum absolute atomic E-state index is 12.6. The molecule has 0 unspecified atom stereocenters. The van der Waals surface area contributed by atoms with Gasteiger partial charge in [0.1, 0.15) is 11.6 Å². The van der Waals surface area contributed by atoms with Crippen LogP contribution in [-0.4, -0.2) is 30.8 Å². The quantitative estimate of drug-likeness (QED) is 0.242. The van der Waals surface area contributed by atoms with Crippen LogP contribution in [0.1, 0.15) is 0 Å². The molecule has 5 rings (SSSR count). The van der Waals surface area contributed by atoms with Crippen LogP contribution in [0.25, 0.3) is 16.8 Å². The summed E-state index contributed by atoms with van der Waals surface area (Å²) in [5.74, 6) is 0.893. The first-order valence-electron chi connectivity index (χ1n) is 10.8. The van der Waals surface area contributed by atoms with E-state index in [1.165, 1.54) is 18.6 Å². The van der Waals surface area contributed by atoms with E-state index < -0.39 is 6.03 Å². The SMILES string of the molecule is Nc1ncc(Cl)cc1-c1ccc(Oc2ncc(NC(=O)Nc3cc(Cl)ccc3-n3cccn3)cn2)cc1. The molecule has 3 heterocycles. The minimum absolute atomic E-state index is 0.110. The number of nitrogen functional groups attached to an aromatic ring is 1. The molecule has 10 nitrogen and oxygen atoms in total. The van der Waals surface area contributed by atoms with Gasteiger partial charge in [-0.25, -0.2) is 24.4 Å². The van der Waals surface area contributed by atoms with Crippen molar-refractivity contribution in [3.05, 3.63) is 95.6 Å². The van der Waals surface area contributed by atoms with Gasteiger partial charge in [0, 0.05) is 29.2 Å². The molecule has 0 radical (unpaired) electrons. The normalized spacial score (nSPS) is 10.6. The molecule has 0 saturated carbocycles. The van der Waals surface area contributed by atoms with Crippen molar-refractivity contribution in [3.8, 4) is 28.6 Å². The average molecular weight is 533 g/mol. The Balaban J connectivity index is 1.22. The van der Waals surface area contributed by atoms with Crippen LogP contribution in [0.3, 0.4) is 0 Å². The first-order valence-corrected chi connectivity index (χ1v) is 11.6. The lowest BCUT2D eigenvalue weighted by Gasteiger charge is -2.12. The van der Waals surface area contributed by atoms with Gasteiger partial charge in [0.15, 0.2) is 0 Å². The summed E-state index contributed by atoms with van der Waals surface area (Å²) in [6.45, 7) is 0. The van der Waals surface area contributed by atoms with Gasteiger partial charge in [-0.3, -0.25) is 0 Å². The van der Waals surface area contributed by atoms with E-state index in [0.29, 0.717) is 38.7 Å². The second-order valence-corrected chi connectivity index (χ2v) is 8.53. The molecular formula is C25H18Cl2N8O2. The third-order valence-corrected chi connectivity index (χ3v) is 5.55. The van der Waals surface area contributed by atoms with Crippen LogP contribution in [-0.2, 0) is 0 Å². The van der Waals surface area contributed by atoms with Crippen LogP contribution in [0.4, 0.5) is 22.0 Å². The summed E-state index contributed by atoms with van der Waals surface area (Å²) in [6, 6.07) is 15.4. The summed E-state index contributed by atoms with van der Waals surface area (Å²) in [4.78, 5) is 25.0. The molecule has 0 spiro atoms. The zero-order valence-electron chi connectivity index (χ0n) is 19.0. The molecule has 0 aliphatic carbocycles. The number of halogens is 2.